The molecule has 1 aromatic carbocycles. The zero-order chi connectivity index (χ0) is 18.1. The van der Waals surface area contributed by atoms with Crippen LogP contribution in [0.5, 0.6) is 11.5 Å². The van der Waals surface area contributed by atoms with Gasteiger partial charge in [0, 0.05) is 20.3 Å². The minimum atomic E-state index is -0.534. The van der Waals surface area contributed by atoms with E-state index in [2.05, 4.69) is 12.2 Å². The topological polar surface area (TPSA) is 66.0 Å². The van der Waals surface area contributed by atoms with Crippen molar-refractivity contribution in [2.75, 3.05) is 26.1 Å². The highest BCUT2D eigenvalue weighted by molar-refractivity contribution is 7.14. The highest BCUT2D eigenvalue weighted by atomic mass is 32.1. The summed E-state index contributed by atoms with van der Waals surface area (Å²) < 4.78 is 21.0. The Morgan fingerprint density at radius 2 is 1.96 bits per heavy atom. The maximum atomic E-state index is 12.0. The van der Waals surface area contributed by atoms with Gasteiger partial charge in [0.1, 0.15) is 18.1 Å². The molecule has 1 amide bonds. The lowest BCUT2D eigenvalue weighted by Gasteiger charge is -2.14. The van der Waals surface area contributed by atoms with Gasteiger partial charge in [0.25, 0.3) is 0 Å². The zero-order valence-corrected chi connectivity index (χ0v) is 15.4. The summed E-state index contributed by atoms with van der Waals surface area (Å²) in [7, 11) is 3.08. The first-order valence-corrected chi connectivity index (χ1v) is 8.87. The molecule has 136 valence electrons. The molecule has 0 spiro atoms. The van der Waals surface area contributed by atoms with Crippen LogP contribution < -0.4 is 14.8 Å². The molecule has 1 N–H and O–H groups in total. The van der Waals surface area contributed by atoms with Crippen molar-refractivity contribution >= 4 is 22.4 Å². The molecule has 25 heavy (non-hydrogen) atoms. The SMILES string of the molecule is CCCc1csc(NC(=O)Oc2cccc(OCC(OC)OC)c2)c1. The smallest absolute Gasteiger partial charge is 0.417 e. The number of anilines is 1. The number of rotatable bonds is 9. The Labute approximate surface area is 151 Å². The third-order valence-electron chi connectivity index (χ3n) is 3.35. The van der Waals surface area contributed by atoms with Gasteiger partial charge in [0.15, 0.2) is 6.29 Å². The van der Waals surface area contributed by atoms with E-state index in [4.69, 9.17) is 18.9 Å². The van der Waals surface area contributed by atoms with E-state index in [0.29, 0.717) is 11.5 Å². The van der Waals surface area contributed by atoms with Gasteiger partial charge in [-0.3, -0.25) is 5.32 Å². The van der Waals surface area contributed by atoms with Gasteiger partial charge in [-0.15, -0.1) is 11.3 Å². The maximum absolute atomic E-state index is 12.0. The summed E-state index contributed by atoms with van der Waals surface area (Å²) in [4.78, 5) is 12.0. The third-order valence-corrected chi connectivity index (χ3v) is 4.24. The number of aryl methyl sites for hydroxylation is 1. The third kappa shape index (κ3) is 6.38. The van der Waals surface area contributed by atoms with Crippen LogP contribution in [0, 0.1) is 0 Å². The van der Waals surface area contributed by atoms with Gasteiger partial charge in [-0.2, -0.15) is 0 Å². The van der Waals surface area contributed by atoms with Gasteiger partial charge < -0.3 is 18.9 Å². The number of methoxy groups -OCH3 is 2. The van der Waals surface area contributed by atoms with Crippen LogP contribution >= 0.6 is 11.3 Å². The van der Waals surface area contributed by atoms with Crippen molar-refractivity contribution < 1.29 is 23.7 Å². The van der Waals surface area contributed by atoms with E-state index in [0.717, 1.165) is 17.8 Å². The quantitative estimate of drug-likeness (QED) is 0.671. The molecule has 0 saturated heterocycles. The van der Waals surface area contributed by atoms with Crippen molar-refractivity contribution in [2.24, 2.45) is 0 Å². The Morgan fingerprint density at radius 3 is 2.68 bits per heavy atom. The molecular weight excluding hydrogens is 342 g/mol. The van der Waals surface area contributed by atoms with E-state index in [1.54, 1.807) is 24.3 Å². The van der Waals surface area contributed by atoms with Crippen molar-refractivity contribution in [3.63, 3.8) is 0 Å². The summed E-state index contributed by atoms with van der Waals surface area (Å²) in [6, 6.07) is 8.80. The van der Waals surface area contributed by atoms with E-state index < -0.39 is 12.4 Å². The lowest BCUT2D eigenvalue weighted by Crippen LogP contribution is -2.22. The first-order valence-electron chi connectivity index (χ1n) is 7.99. The fraction of sp³-hybridized carbons (Fsp3) is 0.389. The Morgan fingerprint density at radius 1 is 1.20 bits per heavy atom. The lowest BCUT2D eigenvalue weighted by molar-refractivity contribution is -0.121. The molecule has 2 rings (SSSR count). The number of hydrogen-bond acceptors (Lipinski definition) is 6. The fourth-order valence-corrected chi connectivity index (χ4v) is 2.94. The largest absolute Gasteiger partial charge is 0.488 e. The van der Waals surface area contributed by atoms with Crippen LogP contribution in [0.4, 0.5) is 9.80 Å². The average molecular weight is 365 g/mol. The molecule has 0 fully saturated rings. The molecule has 0 bridgehead atoms. The number of thiophene rings is 1. The molecule has 7 heteroatoms. The molecule has 0 saturated carbocycles. The Balaban J connectivity index is 1.88. The molecule has 2 aromatic rings. The minimum absolute atomic E-state index is 0.234. The number of hydrogen-bond donors (Lipinski definition) is 1. The number of nitrogens with one attached hydrogen (secondary N) is 1. The molecule has 0 aliphatic carbocycles. The predicted octanol–water partition coefficient (Wildman–Crippen LogP) is 4.31. The normalized spacial score (nSPS) is 10.7. The van der Waals surface area contributed by atoms with Gasteiger partial charge in [-0.05, 0) is 35.6 Å². The van der Waals surface area contributed by atoms with Gasteiger partial charge in [0.2, 0.25) is 0 Å². The van der Waals surface area contributed by atoms with Crippen LogP contribution in [-0.2, 0) is 15.9 Å². The molecule has 0 atom stereocenters. The second-order valence-corrected chi connectivity index (χ2v) is 6.18. The first kappa shape index (κ1) is 19.2. The monoisotopic (exact) mass is 365 g/mol. The van der Waals surface area contributed by atoms with Crippen molar-refractivity contribution in [1.29, 1.82) is 0 Å². The number of carbonyl (C=O) groups excluding carboxylic acids is 1. The average Bonchev–Trinajstić information content (AvgIpc) is 3.03. The van der Waals surface area contributed by atoms with E-state index in [1.807, 2.05) is 11.4 Å². The van der Waals surface area contributed by atoms with E-state index in [9.17, 15) is 4.79 Å². The number of carbonyl (C=O) groups is 1. The number of amides is 1. The van der Waals surface area contributed by atoms with Crippen molar-refractivity contribution in [3.8, 4) is 11.5 Å². The second kappa shape index (κ2) is 10.0. The molecule has 0 aliphatic heterocycles. The summed E-state index contributed by atoms with van der Waals surface area (Å²) in [5.41, 5.74) is 1.21. The summed E-state index contributed by atoms with van der Waals surface area (Å²) in [5.74, 6) is 0.956. The van der Waals surface area contributed by atoms with E-state index in [1.165, 1.54) is 31.1 Å². The zero-order valence-electron chi connectivity index (χ0n) is 14.6. The van der Waals surface area contributed by atoms with Crippen molar-refractivity contribution in [2.45, 2.75) is 26.1 Å². The molecule has 1 heterocycles. The highest BCUT2D eigenvalue weighted by Gasteiger charge is 2.10. The van der Waals surface area contributed by atoms with Gasteiger partial charge in [-0.1, -0.05) is 19.4 Å². The molecule has 0 radical (unpaired) electrons. The van der Waals surface area contributed by atoms with Crippen LogP contribution in [-0.4, -0.2) is 33.2 Å². The Bertz CT molecular complexity index is 669. The van der Waals surface area contributed by atoms with Gasteiger partial charge in [0.05, 0.1) is 5.00 Å². The number of benzene rings is 1. The predicted molar refractivity (Wildman–Crippen MR) is 97.7 cm³/mol. The highest BCUT2D eigenvalue weighted by Crippen LogP contribution is 2.23. The Kier molecular flexibility index (Phi) is 7.72. The lowest BCUT2D eigenvalue weighted by atomic mass is 10.2. The van der Waals surface area contributed by atoms with Crippen molar-refractivity contribution in [3.05, 3.63) is 41.3 Å². The molecule has 1 aromatic heterocycles. The van der Waals surface area contributed by atoms with Crippen LogP contribution in [0.3, 0.4) is 0 Å². The standard InChI is InChI=1S/C18H23NO5S/c1-4-6-13-9-16(25-12-13)19-18(20)24-15-8-5-7-14(10-15)23-11-17(21-2)22-3/h5,7-10,12,17H,4,6,11H2,1-3H3,(H,19,20). The number of ether oxygens (including phenoxy) is 4. The van der Waals surface area contributed by atoms with Crippen LogP contribution in [0.2, 0.25) is 0 Å². The summed E-state index contributed by atoms with van der Waals surface area (Å²) in [5, 5.41) is 5.54. The van der Waals surface area contributed by atoms with E-state index in [-0.39, 0.29) is 6.61 Å². The Hall–Kier alpha value is -2.09. The molecule has 6 nitrogen and oxygen atoms in total. The van der Waals surface area contributed by atoms with Crippen LogP contribution in [0.15, 0.2) is 35.7 Å². The molecular formula is C18H23NO5S. The van der Waals surface area contributed by atoms with Crippen LogP contribution in [0.1, 0.15) is 18.9 Å². The van der Waals surface area contributed by atoms with Gasteiger partial charge >= 0.3 is 6.09 Å². The summed E-state index contributed by atoms with van der Waals surface area (Å²) in [6.07, 6.45) is 1.08. The van der Waals surface area contributed by atoms with Crippen molar-refractivity contribution in [1.82, 2.24) is 0 Å². The summed E-state index contributed by atoms with van der Waals surface area (Å²) >= 11 is 1.48. The minimum Gasteiger partial charge on any atom is -0.488 e. The van der Waals surface area contributed by atoms with Crippen LogP contribution in [0.25, 0.3) is 0 Å². The first-order chi connectivity index (χ1) is 12.1. The second-order valence-electron chi connectivity index (χ2n) is 5.27. The van der Waals surface area contributed by atoms with Gasteiger partial charge in [-0.25, -0.2) is 4.79 Å². The fourth-order valence-electron chi connectivity index (χ4n) is 2.12. The molecule has 0 unspecified atom stereocenters. The summed E-state index contributed by atoms with van der Waals surface area (Å²) in [6.45, 7) is 2.35. The molecule has 0 aliphatic rings. The maximum Gasteiger partial charge on any atom is 0.417 e. The van der Waals surface area contributed by atoms with E-state index >= 15 is 0 Å².